The fourth-order valence-corrected chi connectivity index (χ4v) is 2.73. The normalized spacial score (nSPS) is 22.6. The van der Waals surface area contributed by atoms with Gasteiger partial charge >= 0.3 is 0 Å². The van der Waals surface area contributed by atoms with Crippen molar-refractivity contribution in [1.82, 2.24) is 9.97 Å². The van der Waals surface area contributed by atoms with E-state index >= 15 is 0 Å². The molecule has 0 aliphatic heterocycles. The Morgan fingerprint density at radius 3 is 2.25 bits per heavy atom. The van der Waals surface area contributed by atoms with Gasteiger partial charge in [-0.1, -0.05) is 0 Å². The van der Waals surface area contributed by atoms with Gasteiger partial charge in [0.25, 0.3) is 0 Å². The lowest BCUT2D eigenvalue weighted by molar-refractivity contribution is 0.111. The van der Waals surface area contributed by atoms with Gasteiger partial charge < -0.3 is 15.7 Å². The first kappa shape index (κ1) is 15.0. The first-order valence-corrected chi connectivity index (χ1v) is 7.61. The van der Waals surface area contributed by atoms with Crippen LogP contribution in [0.4, 0.5) is 11.6 Å². The molecule has 1 aliphatic rings. The molecule has 1 aromatic rings. The molecule has 5 nitrogen and oxygen atoms in total. The van der Waals surface area contributed by atoms with Crippen molar-refractivity contribution in [1.29, 1.82) is 0 Å². The maximum atomic E-state index is 9.54. The molecule has 3 N–H and O–H groups in total. The molecule has 1 heterocycles. The van der Waals surface area contributed by atoms with E-state index in [1.54, 1.807) is 0 Å². The molecule has 5 heteroatoms. The highest BCUT2D eigenvalue weighted by atomic mass is 16.3. The Morgan fingerprint density at radius 1 is 1.05 bits per heavy atom. The Hall–Kier alpha value is -1.36. The number of aliphatic hydroxyl groups is 1. The summed E-state index contributed by atoms with van der Waals surface area (Å²) in [4.78, 5) is 8.94. The highest BCUT2D eigenvalue weighted by Crippen LogP contribution is 2.25. The number of hydrogen-bond acceptors (Lipinski definition) is 5. The molecule has 1 fully saturated rings. The number of rotatable bonds is 5. The molecule has 0 radical (unpaired) electrons. The summed E-state index contributed by atoms with van der Waals surface area (Å²) in [6.45, 7) is 7.82. The number of aliphatic hydroxyl groups excluding tert-OH is 1. The molecule has 0 aromatic carbocycles. The topological polar surface area (TPSA) is 70.1 Å². The Labute approximate surface area is 121 Å². The van der Waals surface area contributed by atoms with Gasteiger partial charge in [0.15, 0.2) is 0 Å². The zero-order chi connectivity index (χ0) is 14.5. The van der Waals surface area contributed by atoms with Gasteiger partial charge in [0.2, 0.25) is 0 Å². The molecule has 1 saturated carbocycles. The number of nitrogens with zero attached hydrogens (tertiary/aromatic N) is 2. The van der Waals surface area contributed by atoms with E-state index in [-0.39, 0.29) is 6.10 Å². The van der Waals surface area contributed by atoms with Crippen molar-refractivity contribution in [3.63, 3.8) is 0 Å². The maximum Gasteiger partial charge on any atom is 0.134 e. The van der Waals surface area contributed by atoms with Crippen LogP contribution in [0, 0.1) is 19.8 Å². The molecular formula is C15H26N4O. The highest BCUT2D eigenvalue weighted by Gasteiger charge is 2.19. The van der Waals surface area contributed by atoms with Crippen molar-refractivity contribution >= 4 is 11.6 Å². The zero-order valence-corrected chi connectivity index (χ0v) is 12.7. The average molecular weight is 278 g/mol. The van der Waals surface area contributed by atoms with Crippen LogP contribution >= 0.6 is 0 Å². The third-order valence-electron chi connectivity index (χ3n) is 3.98. The van der Waals surface area contributed by atoms with E-state index in [0.717, 1.165) is 61.8 Å². The van der Waals surface area contributed by atoms with Crippen molar-refractivity contribution in [2.24, 2.45) is 5.92 Å². The molecule has 0 unspecified atom stereocenters. The minimum absolute atomic E-state index is 0.0883. The predicted octanol–water partition coefficient (Wildman–Crippen LogP) is 2.49. The summed E-state index contributed by atoms with van der Waals surface area (Å²) >= 11 is 0. The van der Waals surface area contributed by atoms with Crippen molar-refractivity contribution in [2.75, 3.05) is 23.7 Å². The van der Waals surface area contributed by atoms with E-state index in [1.165, 1.54) is 0 Å². The smallest absolute Gasteiger partial charge is 0.134 e. The molecule has 0 amide bonds. The fourth-order valence-electron chi connectivity index (χ4n) is 2.73. The second kappa shape index (κ2) is 6.88. The monoisotopic (exact) mass is 278 g/mol. The van der Waals surface area contributed by atoms with E-state index in [2.05, 4.69) is 27.5 Å². The Kier molecular flexibility index (Phi) is 5.17. The summed E-state index contributed by atoms with van der Waals surface area (Å²) in [6, 6.07) is 0. The van der Waals surface area contributed by atoms with Gasteiger partial charge in [-0.3, -0.25) is 0 Å². The second-order valence-corrected chi connectivity index (χ2v) is 5.68. The molecule has 2 rings (SSSR count). The summed E-state index contributed by atoms with van der Waals surface area (Å²) in [5.74, 6) is 3.27. The lowest BCUT2D eigenvalue weighted by Gasteiger charge is -2.26. The van der Waals surface area contributed by atoms with Crippen molar-refractivity contribution < 1.29 is 5.11 Å². The number of aromatic nitrogens is 2. The third-order valence-corrected chi connectivity index (χ3v) is 3.98. The average Bonchev–Trinajstić information content (AvgIpc) is 2.43. The van der Waals surface area contributed by atoms with Gasteiger partial charge in [-0.2, -0.15) is 0 Å². The van der Waals surface area contributed by atoms with E-state index in [0.29, 0.717) is 5.92 Å². The zero-order valence-electron chi connectivity index (χ0n) is 12.7. The van der Waals surface area contributed by atoms with Crippen molar-refractivity contribution in [3.8, 4) is 0 Å². The minimum atomic E-state index is -0.0883. The summed E-state index contributed by atoms with van der Waals surface area (Å²) in [5.41, 5.74) is 1.08. The van der Waals surface area contributed by atoms with Crippen LogP contribution in [0.3, 0.4) is 0 Å². The standard InChI is InChI=1S/C15H26N4O/c1-4-16-14-10(2)15(19-11(3)18-14)17-9-12-5-7-13(20)8-6-12/h12-13,20H,4-9H2,1-3H3,(H2,16,17,18,19). The van der Waals surface area contributed by atoms with Crippen molar-refractivity contribution in [2.45, 2.75) is 52.6 Å². The Morgan fingerprint density at radius 2 is 1.65 bits per heavy atom. The quantitative estimate of drug-likeness (QED) is 0.772. The molecule has 0 atom stereocenters. The van der Waals surface area contributed by atoms with E-state index in [4.69, 9.17) is 0 Å². The first-order valence-electron chi connectivity index (χ1n) is 7.61. The van der Waals surface area contributed by atoms with Crippen LogP contribution in [0.1, 0.15) is 44.0 Å². The van der Waals surface area contributed by atoms with Crippen LogP contribution in [0.15, 0.2) is 0 Å². The summed E-state index contributed by atoms with van der Waals surface area (Å²) in [6.07, 6.45) is 3.96. The van der Waals surface area contributed by atoms with E-state index < -0.39 is 0 Å². The maximum absolute atomic E-state index is 9.54. The molecule has 1 aliphatic carbocycles. The number of aryl methyl sites for hydroxylation is 1. The van der Waals surface area contributed by atoms with Gasteiger partial charge in [-0.15, -0.1) is 0 Å². The molecule has 112 valence electrons. The lowest BCUT2D eigenvalue weighted by Crippen LogP contribution is -2.24. The van der Waals surface area contributed by atoms with Crippen LogP contribution < -0.4 is 10.6 Å². The SMILES string of the molecule is CCNc1nc(C)nc(NCC2CCC(O)CC2)c1C. The van der Waals surface area contributed by atoms with Gasteiger partial charge in [0.05, 0.1) is 6.10 Å². The highest BCUT2D eigenvalue weighted by molar-refractivity contribution is 5.57. The van der Waals surface area contributed by atoms with Gasteiger partial charge in [0, 0.05) is 18.7 Å². The molecule has 0 bridgehead atoms. The minimum Gasteiger partial charge on any atom is -0.393 e. The fraction of sp³-hybridized carbons (Fsp3) is 0.733. The van der Waals surface area contributed by atoms with Gasteiger partial charge in [0.1, 0.15) is 17.5 Å². The first-order chi connectivity index (χ1) is 9.60. The largest absolute Gasteiger partial charge is 0.393 e. The number of nitrogens with one attached hydrogen (secondary N) is 2. The number of anilines is 2. The van der Waals surface area contributed by atoms with E-state index in [1.807, 2.05) is 13.8 Å². The van der Waals surface area contributed by atoms with Gasteiger partial charge in [-0.05, 0) is 52.4 Å². The Balaban J connectivity index is 1.98. The Bertz CT molecular complexity index is 442. The summed E-state index contributed by atoms with van der Waals surface area (Å²) < 4.78 is 0. The molecule has 0 saturated heterocycles. The van der Waals surface area contributed by atoms with Crippen LogP contribution in [-0.2, 0) is 0 Å². The molecule has 20 heavy (non-hydrogen) atoms. The summed E-state index contributed by atoms with van der Waals surface area (Å²) in [7, 11) is 0. The summed E-state index contributed by atoms with van der Waals surface area (Å²) in [5, 5.41) is 16.3. The van der Waals surface area contributed by atoms with Crippen molar-refractivity contribution in [3.05, 3.63) is 11.4 Å². The number of hydrogen-bond donors (Lipinski definition) is 3. The molecule has 0 spiro atoms. The van der Waals surface area contributed by atoms with Crippen LogP contribution in [0.25, 0.3) is 0 Å². The molecule has 1 aromatic heterocycles. The van der Waals surface area contributed by atoms with Crippen LogP contribution in [0.2, 0.25) is 0 Å². The van der Waals surface area contributed by atoms with E-state index in [9.17, 15) is 5.11 Å². The molecular weight excluding hydrogens is 252 g/mol. The van der Waals surface area contributed by atoms with Crippen LogP contribution in [-0.4, -0.2) is 34.3 Å². The van der Waals surface area contributed by atoms with Gasteiger partial charge in [-0.25, -0.2) is 9.97 Å². The second-order valence-electron chi connectivity index (χ2n) is 5.68. The third kappa shape index (κ3) is 3.82. The lowest BCUT2D eigenvalue weighted by atomic mass is 9.87. The van der Waals surface area contributed by atoms with Crippen LogP contribution in [0.5, 0.6) is 0 Å². The predicted molar refractivity (Wildman–Crippen MR) is 82.1 cm³/mol.